The van der Waals surface area contributed by atoms with E-state index in [-0.39, 0.29) is 24.4 Å². The highest BCUT2D eigenvalue weighted by Gasteiger charge is 2.33. The number of Topliss-reactive ketones (excluding diaryl/α,β-unsaturated/α-hetero) is 1. The first-order valence-electron chi connectivity index (χ1n) is 12.9. The van der Waals surface area contributed by atoms with Gasteiger partial charge in [0.1, 0.15) is 23.7 Å². The smallest absolute Gasteiger partial charge is 0.227 e. The summed E-state index contributed by atoms with van der Waals surface area (Å²) in [5, 5.41) is 30.2. The van der Waals surface area contributed by atoms with Crippen LogP contribution < -0.4 is 9.64 Å². The standard InChI is InChI=1S/C28H40N2O5/c1-4-5-21(31)15-23(33)16-22(32)9-7-20-8-11-27(34)28(14-20)35-18-30-17-25-24(12-13-29-25)26(30)10-6-19(2)3/h8,11-14,19,21,23,31,33-34H,4-7,9-10,15-18H2,1-3H3/p+1. The lowest BCUT2D eigenvalue weighted by Crippen LogP contribution is -3.10. The Hall–Kier alpha value is -2.48. The molecule has 0 saturated heterocycles. The topological polar surface area (TPSA) is 104 Å². The van der Waals surface area contributed by atoms with Gasteiger partial charge in [-0.05, 0) is 55.4 Å². The maximum Gasteiger partial charge on any atom is 0.227 e. The van der Waals surface area contributed by atoms with E-state index >= 15 is 0 Å². The molecule has 0 aliphatic carbocycles. The molecule has 1 aromatic rings. The Morgan fingerprint density at radius 1 is 1.17 bits per heavy atom. The second-order valence-corrected chi connectivity index (χ2v) is 10.2. The fourth-order valence-corrected chi connectivity index (χ4v) is 4.66. The summed E-state index contributed by atoms with van der Waals surface area (Å²) >= 11 is 0. The fraction of sp³-hybridized carbons (Fsp3) is 0.571. The van der Waals surface area contributed by atoms with Crippen LogP contribution in [0.25, 0.3) is 0 Å². The van der Waals surface area contributed by atoms with Crippen molar-refractivity contribution in [2.75, 3.05) is 13.3 Å². The van der Waals surface area contributed by atoms with Crippen molar-refractivity contribution in [1.82, 2.24) is 0 Å². The van der Waals surface area contributed by atoms with E-state index in [9.17, 15) is 20.1 Å². The molecule has 35 heavy (non-hydrogen) atoms. The molecule has 0 amide bonds. The van der Waals surface area contributed by atoms with E-state index in [1.807, 2.05) is 13.1 Å². The minimum absolute atomic E-state index is 0.0416. The Balaban J connectivity index is 1.53. The maximum atomic E-state index is 12.3. The molecule has 2 aliphatic heterocycles. The van der Waals surface area contributed by atoms with Gasteiger partial charge in [-0.1, -0.05) is 33.3 Å². The first kappa shape index (κ1) is 27.1. The number of hydrogen-bond acceptors (Lipinski definition) is 6. The zero-order chi connectivity index (χ0) is 25.4. The zero-order valence-electron chi connectivity index (χ0n) is 21.3. The van der Waals surface area contributed by atoms with E-state index in [4.69, 9.17) is 4.74 Å². The number of carbonyl (C=O) groups is 1. The fourth-order valence-electron chi connectivity index (χ4n) is 4.66. The first-order chi connectivity index (χ1) is 16.8. The van der Waals surface area contributed by atoms with E-state index in [1.165, 1.54) is 16.2 Å². The van der Waals surface area contributed by atoms with E-state index in [0.717, 1.165) is 37.1 Å². The van der Waals surface area contributed by atoms with Crippen molar-refractivity contribution in [2.45, 2.75) is 84.3 Å². The van der Waals surface area contributed by atoms with Gasteiger partial charge < -0.3 is 20.1 Å². The number of aromatic hydroxyl groups is 1. The average molecular weight is 486 g/mol. The van der Waals surface area contributed by atoms with E-state index in [0.29, 0.717) is 37.7 Å². The maximum absolute atomic E-state index is 12.3. The Labute approximate surface area is 208 Å². The molecule has 2 aliphatic rings. The number of benzene rings is 1. The number of rotatable bonds is 15. The van der Waals surface area contributed by atoms with Crippen LogP contribution in [0.5, 0.6) is 11.5 Å². The molecule has 0 spiro atoms. The Bertz CT molecular complexity index is 966. The van der Waals surface area contributed by atoms with Gasteiger partial charge in [0, 0.05) is 25.5 Å². The number of phenols is 1. The molecule has 0 saturated carbocycles. The molecule has 4 N–H and O–H groups in total. The lowest BCUT2D eigenvalue weighted by Gasteiger charge is -2.18. The van der Waals surface area contributed by atoms with Crippen molar-refractivity contribution in [3.05, 3.63) is 47.3 Å². The number of aliphatic hydroxyl groups excluding tert-OH is 2. The minimum atomic E-state index is -0.816. The number of allylic oxidation sites excluding steroid dienone is 2. The SMILES string of the molecule is CCCC(O)CC(O)CC(=O)CCc1ccc(O)c(OC[NH+]2CC3=NC=CC3=C2CCC(C)C)c1. The van der Waals surface area contributed by atoms with Crippen LogP contribution in [0.4, 0.5) is 0 Å². The van der Waals surface area contributed by atoms with Crippen molar-refractivity contribution in [1.29, 1.82) is 0 Å². The van der Waals surface area contributed by atoms with Gasteiger partial charge in [0.15, 0.2) is 11.5 Å². The third kappa shape index (κ3) is 8.02. The summed E-state index contributed by atoms with van der Waals surface area (Å²) in [6.07, 6.45) is 7.19. The number of aliphatic imine (C=N–C) groups is 1. The number of nitrogens with one attached hydrogen (secondary N) is 1. The van der Waals surface area contributed by atoms with Crippen LogP contribution >= 0.6 is 0 Å². The summed E-state index contributed by atoms with van der Waals surface area (Å²) in [5.74, 6) is 1.06. The lowest BCUT2D eigenvalue weighted by atomic mass is 10.00. The number of aryl methyl sites for hydroxylation is 1. The lowest BCUT2D eigenvalue weighted by molar-refractivity contribution is -0.866. The summed E-state index contributed by atoms with van der Waals surface area (Å²) < 4.78 is 6.05. The van der Waals surface area contributed by atoms with Gasteiger partial charge in [0.05, 0.1) is 17.8 Å². The van der Waals surface area contributed by atoms with E-state index < -0.39 is 12.2 Å². The van der Waals surface area contributed by atoms with Gasteiger partial charge in [-0.2, -0.15) is 0 Å². The van der Waals surface area contributed by atoms with Crippen LogP contribution in [0.3, 0.4) is 0 Å². The normalized spacial score (nSPS) is 18.7. The second kappa shape index (κ2) is 13.0. The molecule has 7 heteroatoms. The monoisotopic (exact) mass is 485 g/mol. The number of quaternary nitrogens is 1. The molecule has 3 atom stereocenters. The minimum Gasteiger partial charge on any atom is -0.504 e. The number of carbonyl (C=O) groups excluding carboxylic acids is 1. The van der Waals surface area contributed by atoms with Crippen molar-refractivity contribution in [3.8, 4) is 11.5 Å². The van der Waals surface area contributed by atoms with Crippen LogP contribution in [-0.2, 0) is 11.2 Å². The van der Waals surface area contributed by atoms with Crippen molar-refractivity contribution < 1.29 is 29.8 Å². The van der Waals surface area contributed by atoms with E-state index in [1.54, 1.807) is 18.2 Å². The quantitative estimate of drug-likeness (QED) is 0.306. The molecule has 0 radical (unpaired) electrons. The van der Waals surface area contributed by atoms with Crippen LogP contribution in [0, 0.1) is 5.92 Å². The number of fused-ring (bicyclic) bond motifs is 1. The summed E-state index contributed by atoms with van der Waals surface area (Å²) in [4.78, 5) is 18.0. The summed E-state index contributed by atoms with van der Waals surface area (Å²) in [6.45, 7) is 7.59. The molecule has 192 valence electrons. The molecular weight excluding hydrogens is 444 g/mol. The van der Waals surface area contributed by atoms with Gasteiger partial charge in [-0.25, -0.2) is 0 Å². The number of nitrogens with zero attached hydrogens (tertiary/aromatic N) is 1. The molecule has 3 unspecified atom stereocenters. The molecule has 1 aromatic carbocycles. The van der Waals surface area contributed by atoms with Gasteiger partial charge in [-0.15, -0.1) is 0 Å². The average Bonchev–Trinajstić information content (AvgIpc) is 3.37. The van der Waals surface area contributed by atoms with Crippen molar-refractivity contribution >= 4 is 11.5 Å². The van der Waals surface area contributed by atoms with Crippen LogP contribution in [0.1, 0.15) is 71.3 Å². The van der Waals surface area contributed by atoms with Gasteiger partial charge in [0.2, 0.25) is 6.73 Å². The van der Waals surface area contributed by atoms with E-state index in [2.05, 4.69) is 24.9 Å². The van der Waals surface area contributed by atoms with Crippen LogP contribution in [0.2, 0.25) is 0 Å². The van der Waals surface area contributed by atoms with Gasteiger partial charge in [0.25, 0.3) is 0 Å². The van der Waals surface area contributed by atoms with Crippen molar-refractivity contribution in [3.63, 3.8) is 0 Å². The Kier molecular flexibility index (Phi) is 10.1. The molecular formula is C28H41N2O5+. The number of ether oxygens (including phenoxy) is 1. The molecule has 7 nitrogen and oxygen atoms in total. The summed E-state index contributed by atoms with van der Waals surface area (Å²) in [6, 6.07) is 5.18. The predicted molar refractivity (Wildman–Crippen MR) is 137 cm³/mol. The van der Waals surface area contributed by atoms with Crippen LogP contribution in [0.15, 0.2) is 46.7 Å². The summed E-state index contributed by atoms with van der Waals surface area (Å²) in [5.41, 5.74) is 4.54. The zero-order valence-corrected chi connectivity index (χ0v) is 21.3. The molecule has 0 fully saturated rings. The number of ketones is 1. The molecule has 3 rings (SSSR count). The Morgan fingerprint density at radius 3 is 2.71 bits per heavy atom. The predicted octanol–water partition coefficient (Wildman–Crippen LogP) is 3.09. The molecule has 2 heterocycles. The third-order valence-corrected chi connectivity index (χ3v) is 6.63. The Morgan fingerprint density at radius 2 is 1.97 bits per heavy atom. The highest BCUT2D eigenvalue weighted by molar-refractivity contribution is 6.07. The highest BCUT2D eigenvalue weighted by Crippen LogP contribution is 2.28. The largest absolute Gasteiger partial charge is 0.504 e. The van der Waals surface area contributed by atoms with Crippen molar-refractivity contribution in [2.24, 2.45) is 10.9 Å². The third-order valence-electron chi connectivity index (χ3n) is 6.63. The van der Waals surface area contributed by atoms with Gasteiger partial charge in [-0.3, -0.25) is 14.7 Å². The second-order valence-electron chi connectivity index (χ2n) is 10.2. The number of phenolic OH excluding ortho intramolecular Hbond substituents is 1. The summed E-state index contributed by atoms with van der Waals surface area (Å²) in [7, 11) is 0. The molecule has 0 aromatic heterocycles. The number of aliphatic hydroxyl groups is 2. The molecule has 0 bridgehead atoms. The van der Waals surface area contributed by atoms with Gasteiger partial charge >= 0.3 is 0 Å². The van der Waals surface area contributed by atoms with Crippen LogP contribution in [-0.4, -0.2) is 52.3 Å². The highest BCUT2D eigenvalue weighted by atomic mass is 16.5. The first-order valence-corrected chi connectivity index (χ1v) is 12.9. The number of hydrogen-bond donors (Lipinski definition) is 4.